The largest absolute Gasteiger partial charge is 0.276 e. The van der Waals surface area contributed by atoms with Crippen LogP contribution in [0, 0.1) is 17.9 Å². The zero-order valence-corrected chi connectivity index (χ0v) is 18.0. The highest BCUT2D eigenvalue weighted by Crippen LogP contribution is 2.39. The van der Waals surface area contributed by atoms with Gasteiger partial charge < -0.3 is 0 Å². The van der Waals surface area contributed by atoms with Gasteiger partial charge in [-0.25, -0.2) is 4.85 Å². The molecule has 0 N–H and O–H groups in total. The van der Waals surface area contributed by atoms with Crippen molar-refractivity contribution in [1.29, 1.82) is 5.26 Å². The second-order valence-corrected chi connectivity index (χ2v) is 8.18. The zero-order valence-electron chi connectivity index (χ0n) is 18.0. The van der Waals surface area contributed by atoms with Crippen LogP contribution in [0.5, 0.6) is 0 Å². The Balaban J connectivity index is 1.69. The Hall–Kier alpha value is -5.06. The molecule has 0 saturated heterocycles. The predicted octanol–water partition coefficient (Wildman–Crippen LogP) is 7.69. The first-order valence-electron chi connectivity index (χ1n) is 10.8. The second kappa shape index (κ2) is 7.81. The molecule has 0 radical (unpaired) electrons. The molecule has 0 saturated carbocycles. The summed E-state index contributed by atoms with van der Waals surface area (Å²) in [5, 5.41) is 16.3. The van der Waals surface area contributed by atoms with Crippen LogP contribution in [0.2, 0.25) is 0 Å². The van der Waals surface area contributed by atoms with E-state index in [0.29, 0.717) is 11.3 Å². The van der Waals surface area contributed by atoms with E-state index in [2.05, 4.69) is 81.5 Å². The van der Waals surface area contributed by atoms with Crippen molar-refractivity contribution in [2.75, 3.05) is 0 Å². The van der Waals surface area contributed by atoms with Gasteiger partial charge in [0.1, 0.15) is 6.07 Å². The van der Waals surface area contributed by atoms with Crippen LogP contribution in [0.15, 0.2) is 97.6 Å². The van der Waals surface area contributed by atoms with Gasteiger partial charge >= 0.3 is 0 Å². The lowest BCUT2D eigenvalue weighted by Crippen LogP contribution is -1.88. The van der Waals surface area contributed by atoms with E-state index < -0.39 is 0 Å². The van der Waals surface area contributed by atoms with Crippen molar-refractivity contribution in [3.05, 3.63) is 115 Å². The number of nitriles is 1. The molecule has 0 fully saturated rings. The van der Waals surface area contributed by atoms with Gasteiger partial charge in [0.25, 0.3) is 0 Å². The molecule has 0 unspecified atom stereocenters. The molecule has 6 aromatic rings. The van der Waals surface area contributed by atoms with Crippen molar-refractivity contribution in [3.8, 4) is 28.3 Å². The number of fused-ring (bicyclic) bond motifs is 6. The van der Waals surface area contributed by atoms with Gasteiger partial charge in [0.05, 0.1) is 12.1 Å². The SMILES string of the molecule is [C-]#[N+]c1cncc(-c2ccc3c4ccccc4c4ccc(-c5cncc(C#N)c5)cc4c3c2)c1. The molecule has 0 aliphatic rings. The topological polar surface area (TPSA) is 53.9 Å². The van der Waals surface area contributed by atoms with Crippen LogP contribution in [0.3, 0.4) is 0 Å². The third-order valence-corrected chi connectivity index (χ3v) is 6.22. The fourth-order valence-electron chi connectivity index (χ4n) is 4.62. The maximum absolute atomic E-state index is 9.30. The summed E-state index contributed by atoms with van der Waals surface area (Å²) in [6.07, 6.45) is 6.74. The van der Waals surface area contributed by atoms with Crippen LogP contribution in [-0.4, -0.2) is 9.97 Å². The highest BCUT2D eigenvalue weighted by atomic mass is 14.7. The number of hydrogen-bond donors (Lipinski definition) is 0. The van der Waals surface area contributed by atoms with Crippen LogP contribution in [-0.2, 0) is 0 Å². The summed E-state index contributed by atoms with van der Waals surface area (Å²) in [6, 6.07) is 27.2. The molecule has 0 aliphatic heterocycles. The number of benzene rings is 4. The lowest BCUT2D eigenvalue weighted by atomic mass is 9.90. The van der Waals surface area contributed by atoms with Crippen molar-refractivity contribution in [2.24, 2.45) is 0 Å². The molecule has 34 heavy (non-hydrogen) atoms. The fraction of sp³-hybridized carbons (Fsp3) is 0. The minimum atomic E-state index is 0.521. The Bertz CT molecular complexity index is 1700. The molecule has 156 valence electrons. The Morgan fingerprint density at radius 3 is 1.74 bits per heavy atom. The van der Waals surface area contributed by atoms with E-state index in [4.69, 9.17) is 6.57 Å². The monoisotopic (exact) mass is 432 g/mol. The molecule has 0 aliphatic carbocycles. The van der Waals surface area contributed by atoms with E-state index in [1.165, 1.54) is 21.5 Å². The molecule has 2 aromatic heterocycles. The summed E-state index contributed by atoms with van der Waals surface area (Å²) in [7, 11) is 0. The third kappa shape index (κ3) is 3.14. The number of pyridine rings is 2. The van der Waals surface area contributed by atoms with Crippen molar-refractivity contribution >= 4 is 38.0 Å². The van der Waals surface area contributed by atoms with Crippen molar-refractivity contribution in [3.63, 3.8) is 0 Å². The summed E-state index contributed by atoms with van der Waals surface area (Å²) < 4.78 is 0. The Morgan fingerprint density at radius 1 is 0.588 bits per heavy atom. The van der Waals surface area contributed by atoms with Crippen LogP contribution in [0.4, 0.5) is 5.69 Å². The average molecular weight is 432 g/mol. The van der Waals surface area contributed by atoms with Crippen LogP contribution in [0.25, 0.3) is 59.4 Å². The number of aromatic nitrogens is 2. The molecular weight excluding hydrogens is 416 g/mol. The smallest absolute Gasteiger partial charge is 0.205 e. The Kier molecular flexibility index (Phi) is 4.51. The maximum Gasteiger partial charge on any atom is 0.205 e. The van der Waals surface area contributed by atoms with E-state index >= 15 is 0 Å². The molecule has 0 atom stereocenters. The average Bonchev–Trinajstić information content (AvgIpc) is 2.92. The molecule has 0 amide bonds. The Morgan fingerprint density at radius 2 is 1.15 bits per heavy atom. The lowest BCUT2D eigenvalue weighted by Gasteiger charge is -2.13. The van der Waals surface area contributed by atoms with Gasteiger partial charge in [-0.05, 0) is 73.3 Å². The number of nitrogens with zero attached hydrogens (tertiary/aromatic N) is 4. The second-order valence-electron chi connectivity index (χ2n) is 8.18. The summed E-state index contributed by atoms with van der Waals surface area (Å²) in [4.78, 5) is 12.0. The zero-order chi connectivity index (χ0) is 23.1. The standard InChI is InChI=1S/C30H16N4/c1-32-24-11-23(17-34-18-24)21-7-9-28-26-5-3-2-4-25(26)27-8-6-20(12-29(27)30(28)13-21)22-10-19(14-31)15-33-16-22/h2-13,15-18H. The van der Waals surface area contributed by atoms with E-state index in [-0.39, 0.29) is 0 Å². The first kappa shape index (κ1) is 19.6. The quantitative estimate of drug-likeness (QED) is 0.208. The lowest BCUT2D eigenvalue weighted by molar-refractivity contribution is 1.30. The van der Waals surface area contributed by atoms with Crippen molar-refractivity contribution < 1.29 is 0 Å². The first-order valence-corrected chi connectivity index (χ1v) is 10.8. The van der Waals surface area contributed by atoms with Gasteiger partial charge in [-0.1, -0.05) is 48.5 Å². The van der Waals surface area contributed by atoms with Gasteiger partial charge in [-0.15, -0.1) is 0 Å². The predicted molar refractivity (Wildman–Crippen MR) is 136 cm³/mol. The van der Waals surface area contributed by atoms with Gasteiger partial charge in [-0.2, -0.15) is 5.26 Å². The molecule has 2 heterocycles. The Labute approximate surface area is 196 Å². The molecule has 4 nitrogen and oxygen atoms in total. The minimum absolute atomic E-state index is 0.521. The van der Waals surface area contributed by atoms with Crippen LogP contribution >= 0.6 is 0 Å². The molecule has 0 bridgehead atoms. The fourth-order valence-corrected chi connectivity index (χ4v) is 4.62. The van der Waals surface area contributed by atoms with Crippen molar-refractivity contribution in [2.45, 2.75) is 0 Å². The van der Waals surface area contributed by atoms with Crippen LogP contribution in [0.1, 0.15) is 5.56 Å². The minimum Gasteiger partial charge on any atom is -0.276 e. The van der Waals surface area contributed by atoms with E-state index in [1.54, 1.807) is 24.8 Å². The number of rotatable bonds is 2. The highest BCUT2D eigenvalue weighted by Gasteiger charge is 2.12. The summed E-state index contributed by atoms with van der Waals surface area (Å²) in [5.41, 5.74) is 4.91. The van der Waals surface area contributed by atoms with E-state index in [0.717, 1.165) is 33.0 Å². The first-order chi connectivity index (χ1) is 16.7. The van der Waals surface area contributed by atoms with Gasteiger partial charge in [0.15, 0.2) is 0 Å². The third-order valence-electron chi connectivity index (χ3n) is 6.22. The van der Waals surface area contributed by atoms with Crippen molar-refractivity contribution in [1.82, 2.24) is 9.97 Å². The summed E-state index contributed by atoms with van der Waals surface area (Å²) in [6.45, 7) is 7.33. The highest BCUT2D eigenvalue weighted by molar-refractivity contribution is 6.26. The molecule has 4 aromatic carbocycles. The van der Waals surface area contributed by atoms with Gasteiger partial charge in [-0.3, -0.25) is 9.97 Å². The van der Waals surface area contributed by atoms with Gasteiger partial charge in [0.2, 0.25) is 5.69 Å². The number of hydrogen-bond acceptors (Lipinski definition) is 3. The van der Waals surface area contributed by atoms with Gasteiger partial charge in [0, 0.05) is 30.4 Å². The van der Waals surface area contributed by atoms with Crippen LogP contribution < -0.4 is 0 Å². The van der Waals surface area contributed by atoms with E-state index in [9.17, 15) is 5.26 Å². The normalized spacial score (nSPS) is 10.9. The maximum atomic E-state index is 9.30. The molecule has 6 rings (SSSR count). The molecular formula is C30H16N4. The summed E-state index contributed by atoms with van der Waals surface area (Å²) >= 11 is 0. The van der Waals surface area contributed by atoms with E-state index in [1.807, 2.05) is 12.1 Å². The summed E-state index contributed by atoms with van der Waals surface area (Å²) in [5.74, 6) is 0. The molecule has 0 spiro atoms. The molecule has 4 heteroatoms.